The second-order valence-corrected chi connectivity index (χ2v) is 6.39. The zero-order chi connectivity index (χ0) is 17.0. The van der Waals surface area contributed by atoms with Gasteiger partial charge in [-0.25, -0.2) is 0 Å². The minimum atomic E-state index is -4.35. The van der Waals surface area contributed by atoms with Crippen LogP contribution < -0.4 is 10.1 Å². The molecule has 1 N–H and O–H groups in total. The normalized spacial score (nSPS) is 16.8. The largest absolute Gasteiger partial charge is 0.496 e. The van der Waals surface area contributed by atoms with E-state index in [0.29, 0.717) is 11.7 Å². The van der Waals surface area contributed by atoms with Gasteiger partial charge in [0.15, 0.2) is 0 Å². The van der Waals surface area contributed by atoms with Crippen molar-refractivity contribution in [2.45, 2.75) is 32.5 Å². The number of hydrogen-bond acceptors (Lipinski definition) is 3. The second kappa shape index (κ2) is 10.5. The predicted molar refractivity (Wildman–Crippen MR) is 99.1 cm³/mol. The molecule has 1 aliphatic heterocycles. The molecular weight excluding hydrogens is 376 g/mol. The summed E-state index contributed by atoms with van der Waals surface area (Å²) in [5.74, 6) is 0.769. The predicted octanol–water partition coefficient (Wildman–Crippen LogP) is 4.55. The van der Waals surface area contributed by atoms with Crippen LogP contribution in [-0.4, -0.2) is 38.2 Å². The van der Waals surface area contributed by atoms with Crippen LogP contribution in [0.15, 0.2) is 18.2 Å². The van der Waals surface area contributed by atoms with E-state index in [1.54, 1.807) is 6.07 Å². The third-order valence-corrected chi connectivity index (χ3v) is 4.21. The van der Waals surface area contributed by atoms with Crippen molar-refractivity contribution in [2.75, 3.05) is 33.3 Å². The van der Waals surface area contributed by atoms with Crippen LogP contribution in [0.25, 0.3) is 0 Å². The van der Waals surface area contributed by atoms with Gasteiger partial charge in [-0.2, -0.15) is 13.2 Å². The number of ether oxygens (including phenoxy) is 1. The first-order valence-corrected chi connectivity index (χ1v) is 8.02. The third kappa shape index (κ3) is 6.51. The van der Waals surface area contributed by atoms with E-state index in [4.69, 9.17) is 4.74 Å². The molecule has 0 unspecified atom stereocenters. The summed E-state index contributed by atoms with van der Waals surface area (Å²) in [5.41, 5.74) is 0.179. The standard InChI is InChI=1S/C17H25F3N2O.2ClH/c1-12(2)10-15(22-8-6-21-7-9-22)14-5-4-13(17(18,19)20)11-16(14)23-3;;/h4-5,11-12,15,21H,6-10H2,1-3H3;2*1H/t15-;;/m1../s1. The molecular formula is C17H27Cl2F3N2O. The Morgan fingerprint density at radius 2 is 1.76 bits per heavy atom. The lowest BCUT2D eigenvalue weighted by Gasteiger charge is -2.36. The van der Waals surface area contributed by atoms with Crippen LogP contribution in [0.4, 0.5) is 13.2 Å². The van der Waals surface area contributed by atoms with Gasteiger partial charge in [0.25, 0.3) is 0 Å². The minimum Gasteiger partial charge on any atom is -0.496 e. The summed E-state index contributed by atoms with van der Waals surface area (Å²) in [5, 5.41) is 3.31. The highest BCUT2D eigenvalue weighted by Gasteiger charge is 2.33. The number of piperazine rings is 1. The van der Waals surface area contributed by atoms with Gasteiger partial charge in [-0.05, 0) is 24.5 Å². The Labute approximate surface area is 160 Å². The van der Waals surface area contributed by atoms with Crippen LogP contribution in [0, 0.1) is 5.92 Å². The first-order valence-electron chi connectivity index (χ1n) is 8.02. The summed E-state index contributed by atoms with van der Waals surface area (Å²) in [6.45, 7) is 7.84. The van der Waals surface area contributed by atoms with Gasteiger partial charge < -0.3 is 10.1 Å². The van der Waals surface area contributed by atoms with Gasteiger partial charge in [0.05, 0.1) is 12.7 Å². The summed E-state index contributed by atoms with van der Waals surface area (Å²) in [4.78, 5) is 2.33. The van der Waals surface area contributed by atoms with Crippen molar-refractivity contribution in [3.8, 4) is 5.75 Å². The molecule has 2 rings (SSSR count). The Morgan fingerprint density at radius 3 is 2.24 bits per heavy atom. The highest BCUT2D eigenvalue weighted by atomic mass is 35.5. The van der Waals surface area contributed by atoms with Gasteiger partial charge in [-0.1, -0.05) is 19.9 Å². The van der Waals surface area contributed by atoms with Crippen molar-refractivity contribution < 1.29 is 17.9 Å². The first kappa shape index (κ1) is 24.3. The van der Waals surface area contributed by atoms with Crippen LogP contribution in [0.5, 0.6) is 5.75 Å². The van der Waals surface area contributed by atoms with Crippen molar-refractivity contribution in [1.29, 1.82) is 0 Å². The van der Waals surface area contributed by atoms with Crippen LogP contribution in [-0.2, 0) is 6.18 Å². The number of rotatable bonds is 5. The second-order valence-electron chi connectivity index (χ2n) is 6.39. The van der Waals surface area contributed by atoms with Gasteiger partial charge in [-0.15, -0.1) is 24.8 Å². The maximum absolute atomic E-state index is 12.9. The molecule has 1 saturated heterocycles. The molecule has 0 radical (unpaired) electrons. The van der Waals surface area contributed by atoms with E-state index in [9.17, 15) is 13.2 Å². The number of methoxy groups -OCH3 is 1. The lowest BCUT2D eigenvalue weighted by atomic mass is 9.93. The Kier molecular flexibility index (Phi) is 10.2. The summed E-state index contributed by atoms with van der Waals surface area (Å²) < 4.78 is 44.1. The fraction of sp³-hybridized carbons (Fsp3) is 0.647. The van der Waals surface area contributed by atoms with Crippen LogP contribution in [0.1, 0.15) is 37.4 Å². The van der Waals surface area contributed by atoms with E-state index in [1.807, 2.05) is 0 Å². The van der Waals surface area contributed by atoms with E-state index in [-0.39, 0.29) is 30.9 Å². The Hall–Kier alpha value is -0.690. The topological polar surface area (TPSA) is 24.5 Å². The van der Waals surface area contributed by atoms with Crippen molar-refractivity contribution in [2.24, 2.45) is 5.92 Å². The molecule has 0 saturated carbocycles. The maximum Gasteiger partial charge on any atom is 0.416 e. The number of hydrogen-bond donors (Lipinski definition) is 1. The SMILES string of the molecule is COc1cc(C(F)(F)F)ccc1[C@@H](CC(C)C)N1CCNCC1.Cl.Cl. The molecule has 1 aromatic carbocycles. The van der Waals surface area contributed by atoms with Gasteiger partial charge >= 0.3 is 6.18 Å². The molecule has 1 aromatic rings. The number of nitrogens with one attached hydrogen (secondary N) is 1. The minimum absolute atomic E-state index is 0. The summed E-state index contributed by atoms with van der Waals surface area (Å²) in [6.07, 6.45) is -3.46. The summed E-state index contributed by atoms with van der Waals surface area (Å²) >= 11 is 0. The molecule has 0 aromatic heterocycles. The highest BCUT2D eigenvalue weighted by Crippen LogP contribution is 2.38. The van der Waals surface area contributed by atoms with E-state index >= 15 is 0 Å². The molecule has 146 valence electrons. The van der Waals surface area contributed by atoms with E-state index in [1.165, 1.54) is 7.11 Å². The fourth-order valence-corrected chi connectivity index (χ4v) is 3.08. The number of nitrogens with zero attached hydrogens (tertiary/aromatic N) is 1. The first-order chi connectivity index (χ1) is 10.8. The summed E-state index contributed by atoms with van der Waals surface area (Å²) in [7, 11) is 1.43. The smallest absolute Gasteiger partial charge is 0.416 e. The molecule has 0 spiro atoms. The highest BCUT2D eigenvalue weighted by molar-refractivity contribution is 5.85. The van der Waals surface area contributed by atoms with Crippen molar-refractivity contribution in [3.63, 3.8) is 0 Å². The molecule has 0 bridgehead atoms. The van der Waals surface area contributed by atoms with Crippen LogP contribution >= 0.6 is 24.8 Å². The van der Waals surface area contributed by atoms with Crippen LogP contribution in [0.3, 0.4) is 0 Å². The number of benzene rings is 1. The molecule has 0 amide bonds. The molecule has 25 heavy (non-hydrogen) atoms. The van der Waals surface area contributed by atoms with Crippen LogP contribution in [0.2, 0.25) is 0 Å². The molecule has 1 aliphatic rings. The average Bonchev–Trinajstić information content (AvgIpc) is 2.52. The van der Waals surface area contributed by atoms with Crippen molar-refractivity contribution in [1.82, 2.24) is 10.2 Å². The Bertz CT molecular complexity index is 521. The van der Waals surface area contributed by atoms with E-state index in [2.05, 4.69) is 24.1 Å². The summed E-state index contributed by atoms with van der Waals surface area (Å²) in [6, 6.07) is 3.93. The molecule has 0 aliphatic carbocycles. The van der Waals surface area contributed by atoms with Gasteiger partial charge in [-0.3, -0.25) is 4.90 Å². The maximum atomic E-state index is 12.9. The quantitative estimate of drug-likeness (QED) is 0.781. The van der Waals surface area contributed by atoms with Gasteiger partial charge in [0.1, 0.15) is 5.75 Å². The number of alkyl halides is 3. The zero-order valence-corrected chi connectivity index (χ0v) is 16.4. The van der Waals surface area contributed by atoms with Gasteiger partial charge in [0, 0.05) is 37.8 Å². The van der Waals surface area contributed by atoms with Gasteiger partial charge in [0.2, 0.25) is 0 Å². The van der Waals surface area contributed by atoms with E-state index in [0.717, 1.165) is 50.3 Å². The lowest BCUT2D eigenvalue weighted by molar-refractivity contribution is -0.137. The zero-order valence-electron chi connectivity index (χ0n) is 14.7. The monoisotopic (exact) mass is 402 g/mol. The third-order valence-electron chi connectivity index (χ3n) is 4.21. The molecule has 3 nitrogen and oxygen atoms in total. The van der Waals surface area contributed by atoms with Crippen molar-refractivity contribution in [3.05, 3.63) is 29.3 Å². The molecule has 8 heteroatoms. The van der Waals surface area contributed by atoms with Crippen molar-refractivity contribution >= 4 is 24.8 Å². The van der Waals surface area contributed by atoms with E-state index < -0.39 is 11.7 Å². The molecule has 1 fully saturated rings. The fourth-order valence-electron chi connectivity index (χ4n) is 3.08. The molecule has 1 atom stereocenters. The Morgan fingerprint density at radius 1 is 1.16 bits per heavy atom. The number of halogens is 5. The molecule has 1 heterocycles. The Balaban J connectivity index is 0.00000288. The average molecular weight is 403 g/mol. The lowest BCUT2D eigenvalue weighted by Crippen LogP contribution is -2.45.